The third kappa shape index (κ3) is 9.45. The smallest absolute Gasteiger partial charge is 0.262 e. The summed E-state index contributed by atoms with van der Waals surface area (Å²) in [5, 5.41) is 16.2. The number of amides is 2. The van der Waals surface area contributed by atoms with Crippen molar-refractivity contribution in [1.29, 1.82) is 0 Å². The Morgan fingerprint density at radius 3 is 2.80 bits per heavy atom. The van der Waals surface area contributed by atoms with E-state index in [1.165, 1.54) is 18.4 Å². The summed E-state index contributed by atoms with van der Waals surface area (Å²) in [6.07, 6.45) is 17.9. The molecular weight excluding hydrogens is 582 g/mol. The molecular formula is C36H51N5O5. The van der Waals surface area contributed by atoms with Gasteiger partial charge < -0.3 is 35.8 Å². The van der Waals surface area contributed by atoms with Crippen molar-refractivity contribution >= 4 is 23.7 Å². The minimum Gasteiger partial charge on any atom is -0.506 e. The van der Waals surface area contributed by atoms with Gasteiger partial charge in [0.2, 0.25) is 5.91 Å². The Morgan fingerprint density at radius 2 is 2.02 bits per heavy atom. The number of carbonyl (C=O) groups excluding carboxylic acids is 2. The van der Waals surface area contributed by atoms with E-state index in [1.54, 1.807) is 12.3 Å². The lowest BCUT2D eigenvalue weighted by molar-refractivity contribution is -0.134. The van der Waals surface area contributed by atoms with Crippen molar-refractivity contribution < 1.29 is 24.2 Å². The number of carbonyl (C=O) groups is 2. The molecule has 1 aliphatic heterocycles. The number of phenols is 1. The summed E-state index contributed by atoms with van der Waals surface area (Å²) in [6, 6.07) is 3.70. The zero-order valence-electron chi connectivity index (χ0n) is 27.3. The predicted molar refractivity (Wildman–Crippen MR) is 181 cm³/mol. The van der Waals surface area contributed by atoms with Crippen LogP contribution in [0.2, 0.25) is 0 Å². The van der Waals surface area contributed by atoms with E-state index >= 15 is 0 Å². The van der Waals surface area contributed by atoms with Gasteiger partial charge in [0.1, 0.15) is 11.4 Å². The van der Waals surface area contributed by atoms with Crippen LogP contribution in [0.5, 0.6) is 11.5 Å². The predicted octanol–water partition coefficient (Wildman–Crippen LogP) is 4.64. The number of anilines is 1. The lowest BCUT2D eigenvalue weighted by Crippen LogP contribution is -2.43. The highest BCUT2D eigenvalue weighted by Crippen LogP contribution is 2.39. The number of benzene rings is 1. The fourth-order valence-electron chi connectivity index (χ4n) is 6.47. The monoisotopic (exact) mass is 633 g/mol. The highest BCUT2D eigenvalue weighted by molar-refractivity contribution is 5.97. The normalized spacial score (nSPS) is 20.2. The van der Waals surface area contributed by atoms with E-state index in [2.05, 4.69) is 39.6 Å². The first-order valence-corrected chi connectivity index (χ1v) is 17.1. The molecule has 1 heterocycles. The van der Waals surface area contributed by atoms with Crippen molar-refractivity contribution in [2.75, 3.05) is 51.3 Å². The third-order valence-corrected chi connectivity index (χ3v) is 9.48. The van der Waals surface area contributed by atoms with Gasteiger partial charge in [0.05, 0.1) is 19.6 Å². The molecule has 46 heavy (non-hydrogen) atoms. The molecule has 1 aromatic carbocycles. The molecule has 0 spiro atoms. The SMILES string of the molecule is CC1CC=C(C(C=NCC2CC2)=CN)C=C1CCOCCC(=O)N(CCNCCc1ccc(O)c2c1OCC(=O)N2)C1CCCC1. The number of hydrogen-bond donors (Lipinski definition) is 4. The Hall–Kier alpha value is -3.63. The number of ether oxygens (including phenoxy) is 2. The second-order valence-electron chi connectivity index (χ2n) is 13.0. The zero-order chi connectivity index (χ0) is 32.3. The first-order chi connectivity index (χ1) is 22.4. The fraction of sp³-hybridized carbons (Fsp3) is 0.583. The van der Waals surface area contributed by atoms with Crippen molar-refractivity contribution in [3.05, 3.63) is 52.8 Å². The van der Waals surface area contributed by atoms with Crippen LogP contribution in [-0.2, 0) is 20.7 Å². The van der Waals surface area contributed by atoms with E-state index < -0.39 is 0 Å². The van der Waals surface area contributed by atoms with Gasteiger partial charge in [-0.3, -0.25) is 14.6 Å². The Labute approximate surface area is 273 Å². The third-order valence-electron chi connectivity index (χ3n) is 9.48. The van der Waals surface area contributed by atoms with Gasteiger partial charge >= 0.3 is 0 Å². The average Bonchev–Trinajstić information content (AvgIpc) is 3.73. The topological polar surface area (TPSA) is 139 Å². The van der Waals surface area contributed by atoms with E-state index in [9.17, 15) is 14.7 Å². The molecule has 5 rings (SSSR count). The number of rotatable bonds is 17. The number of aromatic hydroxyl groups is 1. The summed E-state index contributed by atoms with van der Waals surface area (Å²) >= 11 is 0. The van der Waals surface area contributed by atoms with Gasteiger partial charge in [-0.25, -0.2) is 0 Å². The first-order valence-electron chi connectivity index (χ1n) is 17.1. The Morgan fingerprint density at radius 1 is 1.20 bits per heavy atom. The van der Waals surface area contributed by atoms with Crippen molar-refractivity contribution in [3.63, 3.8) is 0 Å². The molecule has 1 aromatic rings. The van der Waals surface area contributed by atoms with E-state index in [1.807, 2.05) is 12.3 Å². The number of phenolic OH excluding ortho intramolecular Hbond substituents is 1. The van der Waals surface area contributed by atoms with Crippen LogP contribution < -0.4 is 21.1 Å². The summed E-state index contributed by atoms with van der Waals surface area (Å²) in [4.78, 5) is 31.6. The molecule has 0 aromatic heterocycles. The van der Waals surface area contributed by atoms with Crippen molar-refractivity contribution in [2.24, 2.45) is 22.6 Å². The molecule has 0 saturated heterocycles. The van der Waals surface area contributed by atoms with E-state index in [0.717, 1.165) is 67.7 Å². The van der Waals surface area contributed by atoms with Crippen molar-refractivity contribution in [3.8, 4) is 11.5 Å². The second kappa shape index (κ2) is 16.8. The van der Waals surface area contributed by atoms with E-state index in [0.29, 0.717) is 69.1 Å². The maximum absolute atomic E-state index is 13.3. The van der Waals surface area contributed by atoms with Gasteiger partial charge in [0.15, 0.2) is 12.4 Å². The number of fused-ring (bicyclic) bond motifs is 1. The van der Waals surface area contributed by atoms with Crippen molar-refractivity contribution in [1.82, 2.24) is 10.2 Å². The van der Waals surface area contributed by atoms with E-state index in [4.69, 9.17) is 15.2 Å². The number of nitrogens with zero attached hydrogens (tertiary/aromatic N) is 2. The molecule has 4 aliphatic rings. The molecule has 10 nitrogen and oxygen atoms in total. The highest BCUT2D eigenvalue weighted by atomic mass is 16.5. The molecule has 5 N–H and O–H groups in total. The Kier molecular flexibility index (Phi) is 12.3. The maximum Gasteiger partial charge on any atom is 0.262 e. The highest BCUT2D eigenvalue weighted by Gasteiger charge is 2.27. The summed E-state index contributed by atoms with van der Waals surface area (Å²) < 4.78 is 11.6. The van der Waals surface area contributed by atoms with Gasteiger partial charge in [0.25, 0.3) is 5.91 Å². The number of nitrogens with two attached hydrogens (primary N) is 1. The molecule has 2 fully saturated rings. The molecule has 250 valence electrons. The molecule has 2 saturated carbocycles. The van der Waals surface area contributed by atoms with Crippen molar-refractivity contribution in [2.45, 2.75) is 77.2 Å². The van der Waals surface area contributed by atoms with Crippen LogP contribution in [0.1, 0.15) is 70.3 Å². The number of hydrogen-bond acceptors (Lipinski definition) is 8. The molecule has 10 heteroatoms. The van der Waals surface area contributed by atoms with Gasteiger partial charge in [-0.15, -0.1) is 0 Å². The molecule has 1 atom stereocenters. The first kappa shape index (κ1) is 33.7. The van der Waals surface area contributed by atoms with Crippen LogP contribution >= 0.6 is 0 Å². The average molecular weight is 634 g/mol. The number of aliphatic imine (C=N–C) groups is 1. The van der Waals surface area contributed by atoms with Gasteiger partial charge in [-0.1, -0.05) is 43.6 Å². The summed E-state index contributed by atoms with van der Waals surface area (Å²) in [5.41, 5.74) is 10.7. The Balaban J connectivity index is 1.03. The second-order valence-corrected chi connectivity index (χ2v) is 13.0. The molecule has 0 bridgehead atoms. The van der Waals surface area contributed by atoms with Gasteiger partial charge in [0, 0.05) is 43.7 Å². The van der Waals surface area contributed by atoms with Crippen LogP contribution in [0.3, 0.4) is 0 Å². The minimum atomic E-state index is -0.276. The van der Waals surface area contributed by atoms with Gasteiger partial charge in [-0.2, -0.15) is 0 Å². The Bertz CT molecular complexity index is 1340. The van der Waals surface area contributed by atoms with Crippen LogP contribution in [0.25, 0.3) is 0 Å². The van der Waals surface area contributed by atoms with Crippen LogP contribution in [0.4, 0.5) is 5.69 Å². The largest absolute Gasteiger partial charge is 0.506 e. The maximum atomic E-state index is 13.3. The summed E-state index contributed by atoms with van der Waals surface area (Å²) in [6.45, 7) is 6.12. The lowest BCUT2D eigenvalue weighted by atomic mass is 9.86. The molecule has 3 aliphatic carbocycles. The molecule has 2 amide bonds. The van der Waals surface area contributed by atoms with Gasteiger partial charge in [-0.05, 0) is 80.5 Å². The fourth-order valence-corrected chi connectivity index (χ4v) is 6.47. The quantitative estimate of drug-likeness (QED) is 0.111. The molecule has 1 unspecified atom stereocenters. The summed E-state index contributed by atoms with van der Waals surface area (Å²) in [5.74, 6) is 1.62. The van der Waals surface area contributed by atoms with Crippen LogP contribution in [0.15, 0.2) is 52.2 Å². The van der Waals surface area contributed by atoms with Crippen LogP contribution in [-0.4, -0.2) is 80.1 Å². The van der Waals surface area contributed by atoms with Crippen LogP contribution in [0, 0.1) is 11.8 Å². The van der Waals surface area contributed by atoms with E-state index in [-0.39, 0.29) is 24.2 Å². The lowest BCUT2D eigenvalue weighted by Gasteiger charge is -2.29. The summed E-state index contributed by atoms with van der Waals surface area (Å²) in [7, 11) is 0. The standard InChI is InChI=1S/C36H51N5O5/c1-25-6-9-29(30(21-37)23-39-22-26-7-8-26)20-28(25)13-18-45-19-14-34(44)41(31-4-2-3-5-31)17-16-38-15-12-27-10-11-32(42)35-36(27)46-24-33(43)40-35/h9-11,20-21,23,25-26,31,38,42H,2-8,12-19,22,24,37H2,1H3,(H,40,43). The number of allylic oxidation sites excluding steroid dienone is 4. The zero-order valence-corrected chi connectivity index (χ0v) is 27.3. The minimum absolute atomic E-state index is 0.0000305. The molecule has 0 radical (unpaired) electrons. The number of nitrogens with one attached hydrogen (secondary N) is 2.